The summed E-state index contributed by atoms with van der Waals surface area (Å²) in [6, 6.07) is 4.83. The molecule has 0 aliphatic carbocycles. The Labute approximate surface area is 95.4 Å². The fourth-order valence-corrected chi connectivity index (χ4v) is 1.48. The van der Waals surface area contributed by atoms with Crippen LogP contribution in [0.1, 0.15) is 27.6 Å². The van der Waals surface area contributed by atoms with Crippen molar-refractivity contribution in [3.05, 3.63) is 33.8 Å². The van der Waals surface area contributed by atoms with Gasteiger partial charge in [-0.1, -0.05) is 22.0 Å². The van der Waals surface area contributed by atoms with Gasteiger partial charge in [0, 0.05) is 15.6 Å². The third-order valence-electron chi connectivity index (χ3n) is 1.77. The lowest BCUT2D eigenvalue weighted by molar-refractivity contribution is 0.0991. The molecule has 0 saturated heterocycles. The lowest BCUT2D eigenvalue weighted by Crippen LogP contribution is -2.10. The van der Waals surface area contributed by atoms with Crippen LogP contribution < -0.4 is 0 Å². The van der Waals surface area contributed by atoms with Gasteiger partial charge in [0.2, 0.25) is 0 Å². The lowest BCUT2D eigenvalue weighted by atomic mass is 10.1. The van der Waals surface area contributed by atoms with E-state index < -0.39 is 5.38 Å². The predicted octanol–water partition coefficient (Wildman–Crippen LogP) is 3.07. The van der Waals surface area contributed by atoms with Crippen molar-refractivity contribution < 1.29 is 9.59 Å². The molecule has 1 atom stereocenters. The molecular formula is C10H8BrClO2. The predicted molar refractivity (Wildman–Crippen MR) is 59.2 cm³/mol. The van der Waals surface area contributed by atoms with Crippen LogP contribution in [0.25, 0.3) is 0 Å². The van der Waals surface area contributed by atoms with Crippen molar-refractivity contribution >= 4 is 39.6 Å². The summed E-state index contributed by atoms with van der Waals surface area (Å²) in [6.07, 6.45) is 0.694. The largest absolute Gasteiger partial charge is 0.298 e. The van der Waals surface area contributed by atoms with Gasteiger partial charge in [0.15, 0.2) is 12.1 Å². The average molecular weight is 276 g/mol. The Balaban J connectivity index is 3.12. The zero-order valence-electron chi connectivity index (χ0n) is 7.46. The van der Waals surface area contributed by atoms with E-state index in [-0.39, 0.29) is 5.78 Å². The van der Waals surface area contributed by atoms with Crippen molar-refractivity contribution in [3.63, 3.8) is 0 Å². The first-order valence-electron chi connectivity index (χ1n) is 3.99. The Morgan fingerprint density at radius 3 is 2.71 bits per heavy atom. The zero-order valence-corrected chi connectivity index (χ0v) is 9.80. The van der Waals surface area contributed by atoms with Crippen molar-refractivity contribution in [2.45, 2.75) is 12.3 Å². The average Bonchev–Trinajstić information content (AvgIpc) is 2.17. The summed E-state index contributed by atoms with van der Waals surface area (Å²) in [5.74, 6) is -0.178. The van der Waals surface area contributed by atoms with Crippen LogP contribution in [-0.4, -0.2) is 17.4 Å². The van der Waals surface area contributed by atoms with Gasteiger partial charge in [-0.15, -0.1) is 11.6 Å². The zero-order chi connectivity index (χ0) is 10.7. The SMILES string of the molecule is CC(Cl)C(=O)c1ccc(Br)c(C=O)c1. The topological polar surface area (TPSA) is 34.1 Å². The van der Waals surface area contributed by atoms with Gasteiger partial charge in [0.05, 0.1) is 5.38 Å². The van der Waals surface area contributed by atoms with Crippen molar-refractivity contribution in [3.8, 4) is 0 Å². The summed E-state index contributed by atoms with van der Waals surface area (Å²) < 4.78 is 0.672. The van der Waals surface area contributed by atoms with E-state index in [4.69, 9.17) is 11.6 Å². The van der Waals surface area contributed by atoms with E-state index in [1.807, 2.05) is 0 Å². The number of aldehydes is 1. The first kappa shape index (κ1) is 11.4. The summed E-state index contributed by atoms with van der Waals surface area (Å²) in [5, 5.41) is -0.573. The first-order chi connectivity index (χ1) is 6.56. The number of Topliss-reactive ketones (excluding diaryl/α,β-unsaturated/α-hetero) is 1. The van der Waals surface area contributed by atoms with Crippen molar-refractivity contribution in [1.29, 1.82) is 0 Å². The summed E-state index contributed by atoms with van der Waals surface area (Å²) in [6.45, 7) is 1.60. The lowest BCUT2D eigenvalue weighted by Gasteiger charge is -2.04. The second-order valence-electron chi connectivity index (χ2n) is 2.83. The van der Waals surface area contributed by atoms with Crippen LogP contribution in [0.15, 0.2) is 22.7 Å². The van der Waals surface area contributed by atoms with Gasteiger partial charge >= 0.3 is 0 Å². The Hall–Kier alpha value is -0.670. The maximum absolute atomic E-state index is 11.5. The highest BCUT2D eigenvalue weighted by Gasteiger charge is 2.13. The number of hydrogen-bond acceptors (Lipinski definition) is 2. The minimum Gasteiger partial charge on any atom is -0.298 e. The van der Waals surface area contributed by atoms with E-state index in [1.54, 1.807) is 19.1 Å². The molecular weight excluding hydrogens is 267 g/mol. The second kappa shape index (κ2) is 4.71. The van der Waals surface area contributed by atoms with Gasteiger partial charge in [-0.25, -0.2) is 0 Å². The standard InChI is InChI=1S/C10H8BrClO2/c1-6(12)10(14)7-2-3-9(11)8(4-7)5-13/h2-6H,1H3. The highest BCUT2D eigenvalue weighted by Crippen LogP contribution is 2.18. The molecule has 74 valence electrons. The van der Waals surface area contributed by atoms with Crippen LogP contribution >= 0.6 is 27.5 Å². The van der Waals surface area contributed by atoms with Gasteiger partial charge in [-0.05, 0) is 19.1 Å². The molecule has 0 amide bonds. The molecule has 1 unspecified atom stereocenters. The van der Waals surface area contributed by atoms with Crippen molar-refractivity contribution in [2.24, 2.45) is 0 Å². The number of rotatable bonds is 3. The van der Waals surface area contributed by atoms with E-state index in [9.17, 15) is 9.59 Å². The second-order valence-corrected chi connectivity index (χ2v) is 4.34. The quantitative estimate of drug-likeness (QED) is 0.483. The fourth-order valence-electron chi connectivity index (χ4n) is 1.02. The number of carbonyl (C=O) groups excluding carboxylic acids is 2. The molecule has 0 radical (unpaired) electrons. The Morgan fingerprint density at radius 2 is 2.21 bits per heavy atom. The third-order valence-corrected chi connectivity index (χ3v) is 2.69. The summed E-state index contributed by atoms with van der Waals surface area (Å²) in [4.78, 5) is 22.1. The Morgan fingerprint density at radius 1 is 1.57 bits per heavy atom. The monoisotopic (exact) mass is 274 g/mol. The minimum absolute atomic E-state index is 0.178. The van der Waals surface area contributed by atoms with Gasteiger partial charge in [0.1, 0.15) is 0 Å². The number of alkyl halides is 1. The smallest absolute Gasteiger partial charge is 0.180 e. The molecule has 4 heteroatoms. The summed E-state index contributed by atoms with van der Waals surface area (Å²) >= 11 is 8.85. The van der Waals surface area contributed by atoms with Crippen molar-refractivity contribution in [1.82, 2.24) is 0 Å². The van der Waals surface area contributed by atoms with E-state index >= 15 is 0 Å². The molecule has 0 saturated carbocycles. The molecule has 2 nitrogen and oxygen atoms in total. The Kier molecular flexibility index (Phi) is 3.84. The first-order valence-corrected chi connectivity index (χ1v) is 5.22. The van der Waals surface area contributed by atoms with Crippen LogP contribution in [-0.2, 0) is 0 Å². The van der Waals surface area contributed by atoms with E-state index in [2.05, 4.69) is 15.9 Å². The molecule has 0 fully saturated rings. The van der Waals surface area contributed by atoms with Crippen LogP contribution in [0.4, 0.5) is 0 Å². The van der Waals surface area contributed by atoms with Gasteiger partial charge < -0.3 is 0 Å². The van der Waals surface area contributed by atoms with Gasteiger partial charge in [-0.3, -0.25) is 9.59 Å². The van der Waals surface area contributed by atoms with E-state index in [1.165, 1.54) is 6.07 Å². The molecule has 0 aromatic heterocycles. The van der Waals surface area contributed by atoms with Crippen LogP contribution in [0.2, 0.25) is 0 Å². The molecule has 0 N–H and O–H groups in total. The highest BCUT2D eigenvalue weighted by atomic mass is 79.9. The molecule has 0 aliphatic heterocycles. The molecule has 14 heavy (non-hydrogen) atoms. The van der Waals surface area contributed by atoms with Crippen LogP contribution in [0.3, 0.4) is 0 Å². The molecule has 1 aromatic rings. The minimum atomic E-state index is -0.573. The maximum Gasteiger partial charge on any atom is 0.180 e. The fraction of sp³-hybridized carbons (Fsp3) is 0.200. The molecule has 1 aromatic carbocycles. The normalized spacial score (nSPS) is 12.2. The molecule has 0 aliphatic rings. The number of halogens is 2. The van der Waals surface area contributed by atoms with Crippen LogP contribution in [0, 0.1) is 0 Å². The maximum atomic E-state index is 11.5. The number of hydrogen-bond donors (Lipinski definition) is 0. The summed E-state index contributed by atoms with van der Waals surface area (Å²) in [5.41, 5.74) is 0.908. The molecule has 1 rings (SSSR count). The van der Waals surface area contributed by atoms with E-state index in [0.29, 0.717) is 21.9 Å². The highest BCUT2D eigenvalue weighted by molar-refractivity contribution is 9.10. The van der Waals surface area contributed by atoms with E-state index in [0.717, 1.165) is 0 Å². The number of carbonyl (C=O) groups is 2. The van der Waals surface area contributed by atoms with Gasteiger partial charge in [-0.2, -0.15) is 0 Å². The van der Waals surface area contributed by atoms with Crippen molar-refractivity contribution in [2.75, 3.05) is 0 Å². The summed E-state index contributed by atoms with van der Waals surface area (Å²) in [7, 11) is 0. The van der Waals surface area contributed by atoms with Gasteiger partial charge in [0.25, 0.3) is 0 Å². The number of ketones is 1. The molecule has 0 spiro atoms. The molecule has 0 heterocycles. The third kappa shape index (κ3) is 2.42. The molecule has 0 bridgehead atoms. The number of benzene rings is 1. The van der Waals surface area contributed by atoms with Crippen LogP contribution in [0.5, 0.6) is 0 Å². The Bertz CT molecular complexity index is 374.